The fraction of sp³-hybridized carbons (Fsp3) is 0.278. The second-order valence-electron chi connectivity index (χ2n) is 4.69. The molecule has 0 aliphatic rings. The summed E-state index contributed by atoms with van der Waals surface area (Å²) in [4.78, 5) is 6.83. The van der Waals surface area contributed by atoms with Crippen LogP contribution in [0, 0.1) is 0 Å². The SMILES string of the molecule is CCN(CC)c1ccc(N=Cc2ccccc2OC)cc1. The van der Waals surface area contributed by atoms with Gasteiger partial charge in [-0.3, -0.25) is 4.99 Å². The highest BCUT2D eigenvalue weighted by atomic mass is 16.5. The van der Waals surface area contributed by atoms with Gasteiger partial charge in [-0.2, -0.15) is 0 Å². The van der Waals surface area contributed by atoms with Crippen molar-refractivity contribution in [3.8, 4) is 5.75 Å². The maximum atomic E-state index is 5.32. The van der Waals surface area contributed by atoms with Crippen LogP contribution in [-0.2, 0) is 0 Å². The molecule has 0 atom stereocenters. The zero-order valence-electron chi connectivity index (χ0n) is 12.9. The number of ether oxygens (including phenoxy) is 1. The Morgan fingerprint density at radius 2 is 1.67 bits per heavy atom. The third-order valence-electron chi connectivity index (χ3n) is 3.47. The monoisotopic (exact) mass is 282 g/mol. The quantitative estimate of drug-likeness (QED) is 0.738. The smallest absolute Gasteiger partial charge is 0.127 e. The van der Waals surface area contributed by atoms with Crippen molar-refractivity contribution in [1.29, 1.82) is 0 Å². The summed E-state index contributed by atoms with van der Waals surface area (Å²) in [5.74, 6) is 0.834. The Kier molecular flexibility index (Phi) is 5.38. The average Bonchev–Trinajstić information content (AvgIpc) is 2.55. The van der Waals surface area contributed by atoms with Crippen LogP contribution in [0.25, 0.3) is 0 Å². The summed E-state index contributed by atoms with van der Waals surface area (Å²) >= 11 is 0. The number of anilines is 1. The Morgan fingerprint density at radius 1 is 1.00 bits per heavy atom. The molecule has 0 fully saturated rings. The van der Waals surface area contributed by atoms with Crippen LogP contribution in [-0.4, -0.2) is 26.4 Å². The van der Waals surface area contributed by atoms with E-state index < -0.39 is 0 Å². The molecule has 2 rings (SSSR count). The topological polar surface area (TPSA) is 24.8 Å². The summed E-state index contributed by atoms with van der Waals surface area (Å²) in [5, 5.41) is 0. The minimum absolute atomic E-state index is 0.834. The lowest BCUT2D eigenvalue weighted by Crippen LogP contribution is -2.21. The van der Waals surface area contributed by atoms with Gasteiger partial charge in [0.15, 0.2) is 0 Å². The van der Waals surface area contributed by atoms with E-state index in [2.05, 4.69) is 35.9 Å². The highest BCUT2D eigenvalue weighted by molar-refractivity contribution is 5.85. The number of methoxy groups -OCH3 is 1. The lowest BCUT2D eigenvalue weighted by molar-refractivity contribution is 0.414. The van der Waals surface area contributed by atoms with Crippen molar-refractivity contribution in [2.75, 3.05) is 25.1 Å². The van der Waals surface area contributed by atoms with Crippen molar-refractivity contribution in [2.24, 2.45) is 4.99 Å². The van der Waals surface area contributed by atoms with Crippen LogP contribution in [0.2, 0.25) is 0 Å². The molecule has 3 heteroatoms. The molecule has 0 aromatic heterocycles. The lowest BCUT2D eigenvalue weighted by atomic mass is 10.2. The van der Waals surface area contributed by atoms with E-state index in [9.17, 15) is 0 Å². The molecule has 0 aliphatic carbocycles. The number of benzene rings is 2. The molecule has 0 heterocycles. The second kappa shape index (κ2) is 7.48. The standard InChI is InChI=1S/C18H22N2O/c1-4-20(5-2)17-12-10-16(11-13-17)19-14-15-8-6-7-9-18(15)21-3/h6-14H,4-5H2,1-3H3. The van der Waals surface area contributed by atoms with E-state index >= 15 is 0 Å². The molecule has 0 unspecified atom stereocenters. The van der Waals surface area contributed by atoms with Crippen LogP contribution >= 0.6 is 0 Å². The van der Waals surface area contributed by atoms with E-state index in [0.717, 1.165) is 30.1 Å². The Balaban J connectivity index is 2.14. The molecule has 0 saturated heterocycles. The van der Waals surface area contributed by atoms with Crippen LogP contribution in [0.15, 0.2) is 53.5 Å². The summed E-state index contributed by atoms with van der Waals surface area (Å²) < 4.78 is 5.32. The normalized spacial score (nSPS) is 10.8. The van der Waals surface area contributed by atoms with Gasteiger partial charge in [-0.05, 0) is 50.2 Å². The van der Waals surface area contributed by atoms with E-state index in [0.29, 0.717) is 0 Å². The Morgan fingerprint density at radius 3 is 2.29 bits per heavy atom. The van der Waals surface area contributed by atoms with Gasteiger partial charge in [0.2, 0.25) is 0 Å². The molecule has 0 radical (unpaired) electrons. The van der Waals surface area contributed by atoms with Crippen molar-refractivity contribution < 1.29 is 4.74 Å². The molecule has 21 heavy (non-hydrogen) atoms. The van der Waals surface area contributed by atoms with Gasteiger partial charge in [-0.25, -0.2) is 0 Å². The number of hydrogen-bond donors (Lipinski definition) is 0. The van der Waals surface area contributed by atoms with Gasteiger partial charge >= 0.3 is 0 Å². The van der Waals surface area contributed by atoms with Crippen LogP contribution in [0.5, 0.6) is 5.75 Å². The fourth-order valence-electron chi connectivity index (χ4n) is 2.26. The van der Waals surface area contributed by atoms with Gasteiger partial charge in [-0.15, -0.1) is 0 Å². The molecular formula is C18H22N2O. The molecular weight excluding hydrogens is 260 g/mol. The van der Waals surface area contributed by atoms with Crippen LogP contribution < -0.4 is 9.64 Å². The Hall–Kier alpha value is -2.29. The number of para-hydroxylation sites is 1. The molecule has 0 aliphatic heterocycles. The molecule has 3 nitrogen and oxygen atoms in total. The van der Waals surface area contributed by atoms with E-state index in [4.69, 9.17) is 4.74 Å². The van der Waals surface area contributed by atoms with Gasteiger partial charge in [0, 0.05) is 30.6 Å². The van der Waals surface area contributed by atoms with Gasteiger partial charge < -0.3 is 9.64 Å². The molecule has 2 aromatic rings. The number of rotatable bonds is 6. The van der Waals surface area contributed by atoms with E-state index in [1.54, 1.807) is 7.11 Å². The van der Waals surface area contributed by atoms with E-state index in [-0.39, 0.29) is 0 Å². The first-order chi connectivity index (χ1) is 10.3. The predicted octanol–water partition coefficient (Wildman–Crippen LogP) is 4.29. The highest BCUT2D eigenvalue weighted by Gasteiger charge is 2.01. The Bertz CT molecular complexity index is 586. The zero-order chi connectivity index (χ0) is 15.1. The molecule has 0 saturated carbocycles. The van der Waals surface area contributed by atoms with Crippen molar-refractivity contribution in [3.05, 3.63) is 54.1 Å². The van der Waals surface area contributed by atoms with Gasteiger partial charge in [-0.1, -0.05) is 12.1 Å². The van der Waals surface area contributed by atoms with Crippen molar-refractivity contribution in [3.63, 3.8) is 0 Å². The third-order valence-corrected chi connectivity index (χ3v) is 3.47. The second-order valence-corrected chi connectivity index (χ2v) is 4.69. The summed E-state index contributed by atoms with van der Waals surface area (Å²) in [5.41, 5.74) is 3.15. The van der Waals surface area contributed by atoms with E-state index in [1.165, 1.54) is 5.69 Å². The van der Waals surface area contributed by atoms with E-state index in [1.807, 2.05) is 42.6 Å². The molecule has 0 amide bonds. The van der Waals surface area contributed by atoms with Crippen molar-refractivity contribution >= 4 is 17.6 Å². The maximum absolute atomic E-state index is 5.32. The predicted molar refractivity (Wildman–Crippen MR) is 90.3 cm³/mol. The first-order valence-electron chi connectivity index (χ1n) is 7.30. The molecule has 110 valence electrons. The molecule has 0 N–H and O–H groups in total. The summed E-state index contributed by atoms with van der Waals surface area (Å²) in [7, 11) is 1.67. The first-order valence-corrected chi connectivity index (χ1v) is 7.30. The van der Waals surface area contributed by atoms with Crippen molar-refractivity contribution in [2.45, 2.75) is 13.8 Å². The summed E-state index contributed by atoms with van der Waals surface area (Å²) in [6.07, 6.45) is 1.84. The number of nitrogens with zero attached hydrogens (tertiary/aromatic N) is 2. The summed E-state index contributed by atoms with van der Waals surface area (Å²) in [6, 6.07) is 16.2. The van der Waals surface area contributed by atoms with Crippen LogP contribution in [0.1, 0.15) is 19.4 Å². The summed E-state index contributed by atoms with van der Waals surface area (Å²) in [6.45, 7) is 6.36. The first kappa shape index (κ1) is 15.1. The molecule has 0 bridgehead atoms. The highest BCUT2D eigenvalue weighted by Crippen LogP contribution is 2.21. The fourth-order valence-corrected chi connectivity index (χ4v) is 2.26. The van der Waals surface area contributed by atoms with Crippen LogP contribution in [0.4, 0.5) is 11.4 Å². The van der Waals surface area contributed by atoms with Gasteiger partial charge in [0.25, 0.3) is 0 Å². The van der Waals surface area contributed by atoms with Gasteiger partial charge in [0.05, 0.1) is 12.8 Å². The Labute approximate surface area is 126 Å². The van der Waals surface area contributed by atoms with Crippen molar-refractivity contribution in [1.82, 2.24) is 0 Å². The zero-order valence-corrected chi connectivity index (χ0v) is 12.9. The molecule has 0 spiro atoms. The largest absolute Gasteiger partial charge is 0.496 e. The lowest BCUT2D eigenvalue weighted by Gasteiger charge is -2.20. The third kappa shape index (κ3) is 3.85. The minimum Gasteiger partial charge on any atom is -0.496 e. The average molecular weight is 282 g/mol. The van der Waals surface area contributed by atoms with Crippen LogP contribution in [0.3, 0.4) is 0 Å². The number of aliphatic imine (C=N–C) groups is 1. The number of hydrogen-bond acceptors (Lipinski definition) is 3. The minimum atomic E-state index is 0.834. The molecule has 2 aromatic carbocycles. The van der Waals surface area contributed by atoms with Gasteiger partial charge in [0.1, 0.15) is 5.75 Å². The maximum Gasteiger partial charge on any atom is 0.127 e.